The van der Waals surface area contributed by atoms with E-state index in [0.29, 0.717) is 17.1 Å². The van der Waals surface area contributed by atoms with Crippen LogP contribution in [0.3, 0.4) is 0 Å². The summed E-state index contributed by atoms with van der Waals surface area (Å²) in [4.78, 5) is 8.86. The number of fused-ring (bicyclic) bond motifs is 4. The average Bonchev–Trinajstić information content (AvgIpc) is 3.51. The fraction of sp³-hybridized carbons (Fsp3) is 0.139. The summed E-state index contributed by atoms with van der Waals surface area (Å²) in [6.45, 7) is 8.60. The maximum absolute atomic E-state index is 9.90. The molecule has 6 aromatic rings. The summed E-state index contributed by atoms with van der Waals surface area (Å²) in [6, 6.07) is 37.3. The van der Waals surface area contributed by atoms with Crippen LogP contribution in [0.1, 0.15) is 31.9 Å². The van der Waals surface area contributed by atoms with Gasteiger partial charge in [0.15, 0.2) is 0 Å². The van der Waals surface area contributed by atoms with E-state index in [1.165, 1.54) is 5.56 Å². The molecule has 0 saturated heterocycles. The Hall–Kier alpha value is -4.59. The second kappa shape index (κ2) is 10.9. The Bertz CT molecular complexity index is 2030. The molecule has 3 heterocycles. The van der Waals surface area contributed by atoms with Crippen LogP contribution in [0.4, 0.5) is 17.1 Å². The van der Waals surface area contributed by atoms with Crippen molar-refractivity contribution in [3.8, 4) is 23.4 Å². The molecular weight excluding hydrogens is 714 g/mol. The van der Waals surface area contributed by atoms with Gasteiger partial charge in [0.2, 0.25) is 0 Å². The zero-order valence-electron chi connectivity index (χ0n) is 24.2. The predicted molar refractivity (Wildman–Crippen MR) is 167 cm³/mol. The molecule has 0 bridgehead atoms. The second-order valence-corrected chi connectivity index (χ2v) is 11.5. The number of nitrogens with zero attached hydrogens (tertiary/aromatic N) is 5. The molecule has 0 N–H and O–H groups in total. The number of hydrogen-bond donors (Lipinski definition) is 0. The Morgan fingerprint density at radius 1 is 0.884 bits per heavy atom. The number of pyridine rings is 1. The Labute approximate surface area is 266 Å². The number of anilines is 3. The van der Waals surface area contributed by atoms with Crippen molar-refractivity contribution in [1.82, 2.24) is 9.55 Å². The van der Waals surface area contributed by atoms with Crippen LogP contribution in [-0.4, -0.2) is 16.6 Å². The van der Waals surface area contributed by atoms with Gasteiger partial charge in [-0.25, -0.2) is 10.2 Å². The number of rotatable bonds is 4. The van der Waals surface area contributed by atoms with Crippen LogP contribution in [0, 0.1) is 30.1 Å². The summed E-state index contributed by atoms with van der Waals surface area (Å²) < 4.78 is 8.50. The molecular formula is C36H28N5OPt-3. The third-order valence-corrected chi connectivity index (χ3v) is 7.69. The van der Waals surface area contributed by atoms with Gasteiger partial charge in [0.05, 0.1) is 0 Å². The molecule has 1 aliphatic rings. The third-order valence-electron chi connectivity index (χ3n) is 7.69. The zero-order chi connectivity index (χ0) is 29.0. The minimum Gasteiger partial charge on any atom is -0.508 e. The fourth-order valence-corrected chi connectivity index (χ4v) is 5.52. The van der Waals surface area contributed by atoms with Gasteiger partial charge in [-0.15, -0.1) is 41.4 Å². The maximum atomic E-state index is 9.90. The van der Waals surface area contributed by atoms with Gasteiger partial charge in [0.1, 0.15) is 5.82 Å². The molecule has 0 aliphatic carbocycles. The largest absolute Gasteiger partial charge is 0.508 e. The van der Waals surface area contributed by atoms with Gasteiger partial charge in [0, 0.05) is 61.7 Å². The van der Waals surface area contributed by atoms with Gasteiger partial charge in [-0.3, -0.25) is 0 Å². The molecule has 4 aromatic carbocycles. The normalized spacial score (nSPS) is 12.7. The quantitative estimate of drug-likeness (QED) is 0.170. The molecule has 6 nitrogen and oxygen atoms in total. The zero-order valence-corrected chi connectivity index (χ0v) is 26.5. The van der Waals surface area contributed by atoms with Gasteiger partial charge >= 0.3 is 0 Å². The minimum atomic E-state index is -0.0227. The van der Waals surface area contributed by atoms with Crippen LogP contribution in [0.15, 0.2) is 91.1 Å². The summed E-state index contributed by atoms with van der Waals surface area (Å²) in [7, 11) is 2.01. The van der Waals surface area contributed by atoms with Crippen LogP contribution in [0.5, 0.6) is 11.5 Å². The van der Waals surface area contributed by atoms with Crippen LogP contribution in [0.2, 0.25) is 0 Å². The van der Waals surface area contributed by atoms with Gasteiger partial charge < -0.3 is 19.1 Å². The van der Waals surface area contributed by atoms with E-state index in [0.717, 1.165) is 44.7 Å². The van der Waals surface area contributed by atoms with E-state index in [2.05, 4.69) is 84.8 Å². The molecule has 0 saturated carbocycles. The predicted octanol–water partition coefficient (Wildman–Crippen LogP) is 8.45. The summed E-state index contributed by atoms with van der Waals surface area (Å²) in [5.74, 6) is 1.66. The smallest absolute Gasteiger partial charge is 0.135 e. The number of nitriles is 1. The minimum absolute atomic E-state index is 0. The molecule has 7 heteroatoms. The monoisotopic (exact) mass is 741 g/mol. The Kier molecular flexibility index (Phi) is 7.24. The van der Waals surface area contributed by atoms with Crippen molar-refractivity contribution in [3.63, 3.8) is 0 Å². The Morgan fingerprint density at radius 3 is 2.44 bits per heavy atom. The van der Waals surface area contributed by atoms with E-state index in [9.17, 15) is 5.26 Å². The van der Waals surface area contributed by atoms with Gasteiger partial charge in [0.25, 0.3) is 0 Å². The first-order valence-corrected chi connectivity index (χ1v) is 13.8. The molecule has 216 valence electrons. The Morgan fingerprint density at radius 2 is 1.65 bits per heavy atom. The molecule has 0 spiro atoms. The van der Waals surface area contributed by atoms with E-state index < -0.39 is 0 Å². The average molecular weight is 742 g/mol. The van der Waals surface area contributed by atoms with Gasteiger partial charge in [-0.1, -0.05) is 56.6 Å². The van der Waals surface area contributed by atoms with E-state index in [1.807, 2.05) is 67.3 Å². The first-order chi connectivity index (χ1) is 20.3. The molecule has 0 radical (unpaired) electrons. The van der Waals surface area contributed by atoms with E-state index in [1.54, 1.807) is 6.07 Å². The standard InChI is InChI=1S/C36H28N5O.Pt/c1-36(2,3)25-17-18-38-35(19-25)41-30-10-6-5-9-28(30)29-16-15-27(21-33(29)41)42-34-20-26(14-13-24(34)22-37)40-23-39(4)31-11-7-8-12-32(31)40;/h5-19,23H,1-4H3;/q-3;. The van der Waals surface area contributed by atoms with E-state index >= 15 is 0 Å². The SMILES string of the molecule is CN1[CH-]N(c2[c-]c(Oc3[c-]c4c(cc3)c3ccccc3n4-c3cc(C(C)(C)C)ccn3)c(C#N)cc2)c2ccccc21.[Pt]. The van der Waals surface area contributed by atoms with Crippen LogP contribution < -0.4 is 14.5 Å². The summed E-state index contributed by atoms with van der Waals surface area (Å²) in [5.41, 5.74) is 6.37. The fourth-order valence-electron chi connectivity index (χ4n) is 5.52. The number of hydrogen-bond acceptors (Lipinski definition) is 5. The summed E-state index contributed by atoms with van der Waals surface area (Å²) >= 11 is 0. The van der Waals surface area contributed by atoms with Gasteiger partial charge in [-0.05, 0) is 59.3 Å². The first-order valence-electron chi connectivity index (χ1n) is 13.8. The van der Waals surface area contributed by atoms with Crippen LogP contribution in [-0.2, 0) is 26.5 Å². The van der Waals surface area contributed by atoms with Crippen molar-refractivity contribution in [2.75, 3.05) is 16.8 Å². The van der Waals surface area contributed by atoms with Crippen molar-refractivity contribution in [2.45, 2.75) is 26.2 Å². The number of ether oxygens (including phenoxy) is 1. The molecule has 0 atom stereocenters. The molecule has 43 heavy (non-hydrogen) atoms. The van der Waals surface area contributed by atoms with Crippen LogP contribution in [0.25, 0.3) is 27.6 Å². The van der Waals surface area contributed by atoms with Crippen molar-refractivity contribution in [1.29, 1.82) is 5.26 Å². The van der Waals surface area contributed by atoms with Crippen LogP contribution >= 0.6 is 0 Å². The molecule has 0 amide bonds. The van der Waals surface area contributed by atoms with Crippen molar-refractivity contribution in [2.24, 2.45) is 0 Å². The number of para-hydroxylation sites is 3. The third kappa shape index (κ3) is 4.94. The number of aromatic nitrogens is 2. The number of benzene rings is 4. The molecule has 7 rings (SSSR count). The summed E-state index contributed by atoms with van der Waals surface area (Å²) in [5, 5.41) is 12.1. The molecule has 0 fully saturated rings. The molecule has 1 aliphatic heterocycles. The molecule has 0 unspecified atom stereocenters. The summed E-state index contributed by atoms with van der Waals surface area (Å²) in [6.07, 6.45) is 1.86. The topological polar surface area (TPSA) is 57.3 Å². The van der Waals surface area contributed by atoms with E-state index in [4.69, 9.17) is 9.72 Å². The molecule has 2 aromatic heterocycles. The van der Waals surface area contributed by atoms with Crippen molar-refractivity contribution in [3.05, 3.63) is 121 Å². The first kappa shape index (κ1) is 28.5. The van der Waals surface area contributed by atoms with E-state index in [-0.39, 0.29) is 26.5 Å². The Balaban J connectivity index is 0.00000329. The second-order valence-electron chi connectivity index (χ2n) is 11.5. The van der Waals surface area contributed by atoms with Crippen molar-refractivity contribution >= 4 is 38.9 Å². The van der Waals surface area contributed by atoms with Gasteiger partial charge in [-0.2, -0.15) is 12.7 Å². The van der Waals surface area contributed by atoms with Crippen molar-refractivity contribution < 1.29 is 25.8 Å². The maximum Gasteiger partial charge on any atom is 0.135 e.